The molecule has 1 nitrogen and oxygen atoms in total. The van der Waals surface area contributed by atoms with Gasteiger partial charge in [0.2, 0.25) is 0 Å². The van der Waals surface area contributed by atoms with Gasteiger partial charge in [-0.3, -0.25) is 0 Å². The maximum absolute atomic E-state index is 5.77. The number of rotatable bonds is 5. The van der Waals surface area contributed by atoms with Crippen LogP contribution in [0.25, 0.3) is 0 Å². The minimum Gasteiger partial charge on any atom is -0.497 e. The Morgan fingerprint density at radius 3 is 1.87 bits per heavy atom. The van der Waals surface area contributed by atoms with E-state index in [9.17, 15) is 0 Å². The zero-order chi connectivity index (χ0) is 11.3. The summed E-state index contributed by atoms with van der Waals surface area (Å²) >= 11 is 11.5. The predicted molar refractivity (Wildman–Crippen MR) is 66.6 cm³/mol. The highest BCUT2D eigenvalue weighted by Crippen LogP contribution is 2.23. The van der Waals surface area contributed by atoms with E-state index in [0.29, 0.717) is 11.8 Å². The van der Waals surface area contributed by atoms with E-state index in [-0.39, 0.29) is 0 Å². The number of aryl methyl sites for hydroxylation is 2. The van der Waals surface area contributed by atoms with Gasteiger partial charge in [0, 0.05) is 11.8 Å². The van der Waals surface area contributed by atoms with Crippen LogP contribution in [0, 0.1) is 6.92 Å². The van der Waals surface area contributed by atoms with Crippen LogP contribution >= 0.6 is 23.2 Å². The summed E-state index contributed by atoms with van der Waals surface area (Å²) in [5.74, 6) is 2.16. The Hall–Kier alpha value is -0.400. The molecular weight excluding hydrogens is 231 g/mol. The maximum atomic E-state index is 5.77. The second kappa shape index (κ2) is 6.24. The second-order valence-electron chi connectivity index (χ2n) is 3.45. The molecule has 0 fully saturated rings. The molecule has 0 bridgehead atoms. The first-order chi connectivity index (χ1) is 7.22. The fourth-order valence-corrected chi connectivity index (χ4v) is 2.06. The highest BCUT2D eigenvalue weighted by atomic mass is 35.5. The normalized spacial score (nSPS) is 10.4. The number of benzene rings is 1. The number of ether oxygens (including phenoxy) is 1. The zero-order valence-electron chi connectivity index (χ0n) is 9.15. The fourth-order valence-electron chi connectivity index (χ4n) is 1.65. The molecule has 0 radical (unpaired) electrons. The third-order valence-corrected chi connectivity index (χ3v) is 2.94. The van der Waals surface area contributed by atoms with Gasteiger partial charge in [-0.05, 0) is 48.6 Å². The Bertz CT molecular complexity index is 296. The molecule has 1 rings (SSSR count). The van der Waals surface area contributed by atoms with Gasteiger partial charge in [-0.2, -0.15) is 0 Å². The third-order valence-electron chi connectivity index (χ3n) is 2.56. The molecule has 0 unspecified atom stereocenters. The first-order valence-corrected chi connectivity index (χ1v) is 6.08. The van der Waals surface area contributed by atoms with Crippen LogP contribution in [-0.4, -0.2) is 18.9 Å². The number of hydrogen-bond donors (Lipinski definition) is 0. The lowest BCUT2D eigenvalue weighted by Crippen LogP contribution is -1.99. The van der Waals surface area contributed by atoms with Crippen LogP contribution in [0.2, 0.25) is 0 Å². The Kier molecular flexibility index (Phi) is 5.27. The predicted octanol–water partition coefficient (Wildman–Crippen LogP) is 3.57. The van der Waals surface area contributed by atoms with Gasteiger partial charge in [0.15, 0.2) is 0 Å². The first kappa shape index (κ1) is 12.7. The summed E-state index contributed by atoms with van der Waals surface area (Å²) in [6.45, 7) is 2.11. The summed E-state index contributed by atoms with van der Waals surface area (Å²) in [5.41, 5.74) is 3.80. The van der Waals surface area contributed by atoms with E-state index in [1.54, 1.807) is 7.11 Å². The molecule has 0 amide bonds. The summed E-state index contributed by atoms with van der Waals surface area (Å²) in [5, 5.41) is 0. The Balaban J connectivity index is 3.08. The molecule has 0 aliphatic heterocycles. The molecule has 3 heteroatoms. The number of halogens is 2. The summed E-state index contributed by atoms with van der Waals surface area (Å²) in [6, 6.07) is 4.10. The maximum Gasteiger partial charge on any atom is 0.119 e. The van der Waals surface area contributed by atoms with E-state index in [4.69, 9.17) is 27.9 Å². The van der Waals surface area contributed by atoms with E-state index in [2.05, 4.69) is 19.1 Å². The van der Waals surface area contributed by atoms with Gasteiger partial charge in [0.25, 0.3) is 0 Å². The first-order valence-electron chi connectivity index (χ1n) is 5.01. The van der Waals surface area contributed by atoms with E-state index >= 15 is 0 Å². The van der Waals surface area contributed by atoms with Crippen molar-refractivity contribution in [1.29, 1.82) is 0 Å². The summed E-state index contributed by atoms with van der Waals surface area (Å²) in [4.78, 5) is 0. The van der Waals surface area contributed by atoms with Crippen LogP contribution in [0.15, 0.2) is 12.1 Å². The smallest absolute Gasteiger partial charge is 0.119 e. The fraction of sp³-hybridized carbons (Fsp3) is 0.500. The molecule has 0 saturated heterocycles. The van der Waals surface area contributed by atoms with Crippen LogP contribution in [0.5, 0.6) is 5.75 Å². The topological polar surface area (TPSA) is 9.23 Å². The molecule has 84 valence electrons. The van der Waals surface area contributed by atoms with Crippen molar-refractivity contribution in [3.05, 3.63) is 28.8 Å². The number of methoxy groups -OCH3 is 1. The van der Waals surface area contributed by atoms with Crippen LogP contribution < -0.4 is 4.74 Å². The van der Waals surface area contributed by atoms with Gasteiger partial charge in [-0.15, -0.1) is 23.2 Å². The molecule has 0 spiro atoms. The van der Waals surface area contributed by atoms with Crippen LogP contribution in [0.4, 0.5) is 0 Å². The van der Waals surface area contributed by atoms with Crippen molar-refractivity contribution in [2.24, 2.45) is 0 Å². The van der Waals surface area contributed by atoms with Crippen molar-refractivity contribution >= 4 is 23.2 Å². The Labute approximate surface area is 101 Å². The molecule has 0 N–H and O–H groups in total. The molecule has 1 aromatic rings. The third kappa shape index (κ3) is 3.29. The minimum atomic E-state index is 0.633. The van der Waals surface area contributed by atoms with E-state index < -0.39 is 0 Å². The van der Waals surface area contributed by atoms with E-state index in [0.717, 1.165) is 18.6 Å². The summed E-state index contributed by atoms with van der Waals surface area (Å²) in [7, 11) is 1.68. The lowest BCUT2D eigenvalue weighted by molar-refractivity contribution is 0.413. The van der Waals surface area contributed by atoms with Crippen LogP contribution in [0.3, 0.4) is 0 Å². The molecular formula is C12H16Cl2O. The quantitative estimate of drug-likeness (QED) is 0.723. The van der Waals surface area contributed by atoms with Gasteiger partial charge in [-0.25, -0.2) is 0 Å². The SMILES string of the molecule is COc1cc(CCCl)c(C)c(CCCl)c1. The Morgan fingerprint density at radius 1 is 1.07 bits per heavy atom. The summed E-state index contributed by atoms with van der Waals surface area (Å²) in [6.07, 6.45) is 1.75. The van der Waals surface area contributed by atoms with Gasteiger partial charge >= 0.3 is 0 Å². The van der Waals surface area contributed by atoms with Crippen molar-refractivity contribution in [1.82, 2.24) is 0 Å². The summed E-state index contributed by atoms with van der Waals surface area (Å²) < 4.78 is 5.26. The van der Waals surface area contributed by atoms with E-state index in [1.165, 1.54) is 16.7 Å². The average molecular weight is 247 g/mol. The largest absolute Gasteiger partial charge is 0.497 e. The molecule has 0 aliphatic carbocycles. The van der Waals surface area contributed by atoms with Crippen molar-refractivity contribution in [2.45, 2.75) is 19.8 Å². The van der Waals surface area contributed by atoms with Crippen LogP contribution in [0.1, 0.15) is 16.7 Å². The van der Waals surface area contributed by atoms with E-state index in [1.807, 2.05) is 0 Å². The Morgan fingerprint density at radius 2 is 1.53 bits per heavy atom. The second-order valence-corrected chi connectivity index (χ2v) is 4.20. The van der Waals surface area contributed by atoms with Gasteiger partial charge in [0.05, 0.1) is 7.11 Å². The molecule has 0 atom stereocenters. The van der Waals surface area contributed by atoms with Gasteiger partial charge in [-0.1, -0.05) is 0 Å². The minimum absolute atomic E-state index is 0.633. The average Bonchev–Trinajstić information content (AvgIpc) is 2.24. The lowest BCUT2D eigenvalue weighted by atomic mass is 9.98. The van der Waals surface area contributed by atoms with Crippen molar-refractivity contribution < 1.29 is 4.74 Å². The number of alkyl halides is 2. The monoisotopic (exact) mass is 246 g/mol. The molecule has 0 heterocycles. The molecule has 15 heavy (non-hydrogen) atoms. The van der Waals surface area contributed by atoms with Crippen molar-refractivity contribution in [3.8, 4) is 5.75 Å². The van der Waals surface area contributed by atoms with Gasteiger partial charge in [0.1, 0.15) is 5.75 Å². The molecule has 0 saturated carbocycles. The molecule has 0 aromatic heterocycles. The van der Waals surface area contributed by atoms with Gasteiger partial charge < -0.3 is 4.74 Å². The molecule has 1 aromatic carbocycles. The highest BCUT2D eigenvalue weighted by Gasteiger charge is 2.07. The standard InChI is InChI=1S/C12H16Cl2O/c1-9-10(3-5-13)7-12(15-2)8-11(9)4-6-14/h7-8H,3-6H2,1-2H3. The van der Waals surface area contributed by atoms with Crippen LogP contribution in [-0.2, 0) is 12.8 Å². The molecule has 0 aliphatic rings. The van der Waals surface area contributed by atoms with Crippen molar-refractivity contribution in [2.75, 3.05) is 18.9 Å². The lowest BCUT2D eigenvalue weighted by Gasteiger charge is -2.12. The highest BCUT2D eigenvalue weighted by molar-refractivity contribution is 6.18. The number of hydrogen-bond acceptors (Lipinski definition) is 1. The zero-order valence-corrected chi connectivity index (χ0v) is 10.7. The van der Waals surface area contributed by atoms with Crippen molar-refractivity contribution in [3.63, 3.8) is 0 Å².